The summed E-state index contributed by atoms with van der Waals surface area (Å²) in [4.78, 5) is 12.2. The van der Waals surface area contributed by atoms with Gasteiger partial charge in [-0.3, -0.25) is 0 Å². The van der Waals surface area contributed by atoms with Crippen molar-refractivity contribution in [2.75, 3.05) is 30.4 Å². The van der Waals surface area contributed by atoms with Gasteiger partial charge in [0, 0.05) is 34.9 Å². The van der Waals surface area contributed by atoms with E-state index < -0.39 is 0 Å². The molecule has 0 saturated carbocycles. The van der Waals surface area contributed by atoms with Crippen LogP contribution >= 0.6 is 11.8 Å². The number of nitrogens with two attached hydrogens (primary N) is 1. The molecule has 0 bridgehead atoms. The van der Waals surface area contributed by atoms with E-state index in [4.69, 9.17) is 20.4 Å². The largest absolute Gasteiger partial charge is 0.399 e. The Morgan fingerprint density at radius 2 is 2.03 bits per heavy atom. The molecule has 0 radical (unpaired) electrons. The van der Waals surface area contributed by atoms with Crippen LogP contribution < -0.4 is 10.6 Å². The fourth-order valence-electron chi connectivity index (χ4n) is 3.57. The van der Waals surface area contributed by atoms with Crippen molar-refractivity contribution in [3.05, 3.63) is 36.0 Å². The van der Waals surface area contributed by atoms with Crippen LogP contribution in [0.25, 0.3) is 11.4 Å². The number of ether oxygens (including phenoxy) is 1. The molecule has 2 atom stereocenters. The van der Waals surface area contributed by atoms with E-state index in [1.165, 1.54) is 25.7 Å². The monoisotopic (exact) mass is 414 g/mol. The quantitative estimate of drug-likeness (QED) is 0.572. The minimum Gasteiger partial charge on any atom is -0.399 e. The molecule has 5 nitrogen and oxygen atoms in total. The average molecular weight is 415 g/mol. The summed E-state index contributed by atoms with van der Waals surface area (Å²) in [6.07, 6.45) is 5.03. The van der Waals surface area contributed by atoms with Gasteiger partial charge in [0.2, 0.25) is 0 Å². The standard InChI is InChI=1S/C23H34N4OS/c1-4-6-7-21(5-2)29-16-20-14-22(27-12-13-28-15-17(27)3)26-23(25-20)18-8-10-19(24)11-9-18/h8-11,14,17,21H,4-7,12-13,15-16,24H2,1-3H3. The van der Waals surface area contributed by atoms with Gasteiger partial charge >= 0.3 is 0 Å². The predicted octanol–water partition coefficient (Wildman–Crippen LogP) is 5.15. The van der Waals surface area contributed by atoms with Gasteiger partial charge in [0.05, 0.1) is 24.9 Å². The molecule has 0 aliphatic carbocycles. The number of unbranched alkanes of at least 4 members (excludes halogenated alkanes) is 1. The summed E-state index contributed by atoms with van der Waals surface area (Å²) in [7, 11) is 0. The van der Waals surface area contributed by atoms with E-state index in [0.29, 0.717) is 11.3 Å². The number of nitrogen functional groups attached to an aromatic ring is 1. The molecule has 3 rings (SSSR count). The van der Waals surface area contributed by atoms with Crippen LogP contribution in [0.5, 0.6) is 0 Å². The Labute approximate surface area is 179 Å². The fraction of sp³-hybridized carbons (Fsp3) is 0.565. The molecule has 29 heavy (non-hydrogen) atoms. The minimum absolute atomic E-state index is 0.311. The highest BCUT2D eigenvalue weighted by atomic mass is 32.2. The summed E-state index contributed by atoms with van der Waals surface area (Å²) in [5.74, 6) is 2.69. The van der Waals surface area contributed by atoms with Gasteiger partial charge in [-0.2, -0.15) is 11.8 Å². The molecule has 2 aromatic rings. The summed E-state index contributed by atoms with van der Waals surface area (Å²) in [5, 5.41) is 0.690. The summed E-state index contributed by atoms with van der Waals surface area (Å²) in [5.41, 5.74) is 8.73. The molecule has 6 heteroatoms. The van der Waals surface area contributed by atoms with Crippen molar-refractivity contribution in [3.63, 3.8) is 0 Å². The molecule has 1 fully saturated rings. The summed E-state index contributed by atoms with van der Waals surface area (Å²) in [6, 6.07) is 10.3. The highest BCUT2D eigenvalue weighted by molar-refractivity contribution is 7.99. The topological polar surface area (TPSA) is 64.3 Å². The molecular formula is C23H34N4OS. The van der Waals surface area contributed by atoms with Gasteiger partial charge < -0.3 is 15.4 Å². The lowest BCUT2D eigenvalue weighted by molar-refractivity contribution is 0.0985. The summed E-state index contributed by atoms with van der Waals surface area (Å²) >= 11 is 2.02. The third-order valence-corrected chi connectivity index (χ3v) is 6.90. The Morgan fingerprint density at radius 1 is 1.24 bits per heavy atom. The molecule has 158 valence electrons. The molecule has 0 spiro atoms. The third kappa shape index (κ3) is 6.09. The smallest absolute Gasteiger partial charge is 0.161 e. The molecule has 1 saturated heterocycles. The minimum atomic E-state index is 0.311. The molecule has 1 aliphatic heterocycles. The number of nitrogens with zero attached hydrogens (tertiary/aromatic N) is 3. The molecule has 2 N–H and O–H groups in total. The van der Waals surface area contributed by atoms with Gasteiger partial charge in [-0.1, -0.05) is 26.7 Å². The lowest BCUT2D eigenvalue weighted by Crippen LogP contribution is -2.44. The molecule has 1 aliphatic rings. The highest BCUT2D eigenvalue weighted by Crippen LogP contribution is 2.28. The van der Waals surface area contributed by atoms with E-state index >= 15 is 0 Å². The number of aromatic nitrogens is 2. The van der Waals surface area contributed by atoms with Crippen molar-refractivity contribution in [1.82, 2.24) is 9.97 Å². The number of thioether (sulfide) groups is 1. The summed E-state index contributed by atoms with van der Waals surface area (Å²) < 4.78 is 5.62. The van der Waals surface area contributed by atoms with Crippen molar-refractivity contribution in [2.24, 2.45) is 0 Å². The van der Waals surface area contributed by atoms with Crippen LogP contribution in [0.1, 0.15) is 52.1 Å². The van der Waals surface area contributed by atoms with Crippen LogP contribution in [0.3, 0.4) is 0 Å². The fourth-order valence-corrected chi connectivity index (χ4v) is 4.70. The van der Waals surface area contributed by atoms with Gasteiger partial charge in [-0.15, -0.1) is 0 Å². The zero-order chi connectivity index (χ0) is 20.6. The van der Waals surface area contributed by atoms with Crippen LogP contribution in [0.15, 0.2) is 30.3 Å². The number of morpholine rings is 1. The van der Waals surface area contributed by atoms with Gasteiger partial charge in [-0.05, 0) is 44.0 Å². The van der Waals surface area contributed by atoms with Gasteiger partial charge in [-0.25, -0.2) is 9.97 Å². The predicted molar refractivity (Wildman–Crippen MR) is 124 cm³/mol. The molecule has 2 unspecified atom stereocenters. The SMILES string of the molecule is CCCCC(CC)SCc1cc(N2CCOCC2C)nc(-c2ccc(N)cc2)n1. The van der Waals surface area contributed by atoms with E-state index in [1.54, 1.807) is 0 Å². The van der Waals surface area contributed by atoms with Crippen molar-refractivity contribution in [1.29, 1.82) is 0 Å². The maximum atomic E-state index is 5.87. The number of benzene rings is 1. The van der Waals surface area contributed by atoms with Crippen LogP contribution in [-0.4, -0.2) is 41.0 Å². The van der Waals surface area contributed by atoms with Crippen molar-refractivity contribution >= 4 is 23.3 Å². The Kier molecular flexibility index (Phi) is 8.19. The maximum absolute atomic E-state index is 5.87. The molecular weight excluding hydrogens is 380 g/mol. The lowest BCUT2D eigenvalue weighted by atomic mass is 10.2. The first-order chi connectivity index (χ1) is 14.1. The van der Waals surface area contributed by atoms with Gasteiger partial charge in [0.1, 0.15) is 5.82 Å². The van der Waals surface area contributed by atoms with E-state index in [1.807, 2.05) is 36.0 Å². The van der Waals surface area contributed by atoms with Gasteiger partial charge in [0.25, 0.3) is 0 Å². The number of hydrogen-bond acceptors (Lipinski definition) is 6. The molecule has 1 aromatic carbocycles. The Bertz CT molecular complexity index is 768. The van der Waals surface area contributed by atoms with E-state index in [2.05, 4.69) is 31.7 Å². The maximum Gasteiger partial charge on any atom is 0.161 e. The second-order valence-electron chi connectivity index (χ2n) is 7.76. The van der Waals surface area contributed by atoms with Crippen molar-refractivity contribution in [2.45, 2.75) is 63.5 Å². The van der Waals surface area contributed by atoms with Gasteiger partial charge in [0.15, 0.2) is 5.82 Å². The zero-order valence-corrected chi connectivity index (χ0v) is 18.8. The summed E-state index contributed by atoms with van der Waals surface area (Å²) in [6.45, 7) is 9.08. The van der Waals surface area contributed by atoms with E-state index in [-0.39, 0.29) is 0 Å². The van der Waals surface area contributed by atoms with E-state index in [9.17, 15) is 0 Å². The Balaban J connectivity index is 1.86. The number of anilines is 2. The van der Waals surface area contributed by atoms with Crippen LogP contribution in [0, 0.1) is 0 Å². The Hall–Kier alpha value is -1.79. The average Bonchev–Trinajstić information content (AvgIpc) is 2.74. The zero-order valence-electron chi connectivity index (χ0n) is 17.9. The second kappa shape index (κ2) is 10.8. The Morgan fingerprint density at radius 3 is 2.72 bits per heavy atom. The van der Waals surface area contributed by atoms with Crippen LogP contribution in [0.4, 0.5) is 11.5 Å². The highest BCUT2D eigenvalue weighted by Gasteiger charge is 2.22. The van der Waals surface area contributed by atoms with Crippen molar-refractivity contribution < 1.29 is 4.74 Å². The number of rotatable bonds is 9. The first-order valence-corrected chi connectivity index (χ1v) is 11.9. The number of hydrogen-bond donors (Lipinski definition) is 1. The van der Waals surface area contributed by atoms with Crippen LogP contribution in [-0.2, 0) is 10.5 Å². The second-order valence-corrected chi connectivity index (χ2v) is 9.05. The van der Waals surface area contributed by atoms with E-state index in [0.717, 1.165) is 54.1 Å². The molecule has 0 amide bonds. The van der Waals surface area contributed by atoms with Crippen LogP contribution in [0.2, 0.25) is 0 Å². The van der Waals surface area contributed by atoms with Crippen molar-refractivity contribution in [3.8, 4) is 11.4 Å². The molecule has 2 heterocycles. The normalized spacial score (nSPS) is 18.0. The first kappa shape index (κ1) is 21.9. The lowest BCUT2D eigenvalue weighted by Gasteiger charge is -2.34. The first-order valence-electron chi connectivity index (χ1n) is 10.8. The third-order valence-electron chi connectivity index (χ3n) is 5.40. The molecule has 1 aromatic heterocycles.